The van der Waals surface area contributed by atoms with Crippen LogP contribution in [-0.4, -0.2) is 22.5 Å². The van der Waals surface area contributed by atoms with E-state index in [2.05, 4.69) is 6.58 Å². The van der Waals surface area contributed by atoms with Crippen molar-refractivity contribution in [2.24, 2.45) is 0 Å². The summed E-state index contributed by atoms with van der Waals surface area (Å²) in [6.07, 6.45) is 4.87. The average Bonchev–Trinajstić information content (AvgIpc) is 1.86. The van der Waals surface area contributed by atoms with Gasteiger partial charge in [-0.3, -0.25) is 4.79 Å². The molecule has 1 N–H and O–H groups in total. The highest BCUT2D eigenvalue weighted by Crippen LogP contribution is 1.88. The molecule has 0 saturated carbocycles. The molecule has 0 unspecified atom stereocenters. The van der Waals surface area contributed by atoms with E-state index in [0.29, 0.717) is 0 Å². The van der Waals surface area contributed by atoms with Crippen molar-refractivity contribution in [2.75, 3.05) is 6.54 Å². The van der Waals surface area contributed by atoms with Crippen molar-refractivity contribution in [3.8, 4) is 0 Å². The number of carbonyl (C=O) groups is 1. The zero-order valence-corrected chi connectivity index (χ0v) is 5.95. The van der Waals surface area contributed by atoms with Gasteiger partial charge in [0.2, 0.25) is 0 Å². The second kappa shape index (κ2) is 4.61. The Morgan fingerprint density at radius 3 is 2.70 bits per heavy atom. The largest absolute Gasteiger partial charge is 0.480 e. The summed E-state index contributed by atoms with van der Waals surface area (Å²) in [5.74, 6) is -0.863. The molecule has 3 heteroatoms. The molecule has 0 atom stereocenters. The summed E-state index contributed by atoms with van der Waals surface area (Å²) in [5.41, 5.74) is 0. The molecule has 0 spiro atoms. The molecule has 0 aromatic heterocycles. The average molecular weight is 141 g/mol. The van der Waals surface area contributed by atoms with Gasteiger partial charge in [0.05, 0.1) is 0 Å². The van der Waals surface area contributed by atoms with Gasteiger partial charge in [-0.15, -0.1) is 0 Å². The van der Waals surface area contributed by atoms with Gasteiger partial charge in [0.1, 0.15) is 6.54 Å². The summed E-state index contributed by atoms with van der Waals surface area (Å²) in [5, 5.41) is 8.32. The molecule has 0 aliphatic rings. The zero-order valence-electron chi connectivity index (χ0n) is 5.95. The first-order chi connectivity index (χ1) is 4.70. The van der Waals surface area contributed by atoms with Crippen molar-refractivity contribution in [1.82, 2.24) is 4.90 Å². The lowest BCUT2D eigenvalue weighted by Gasteiger charge is -2.09. The summed E-state index contributed by atoms with van der Waals surface area (Å²) >= 11 is 0. The van der Waals surface area contributed by atoms with Gasteiger partial charge in [0.25, 0.3) is 0 Å². The Morgan fingerprint density at radius 1 is 1.80 bits per heavy atom. The summed E-state index contributed by atoms with van der Waals surface area (Å²) in [7, 11) is 0. The quantitative estimate of drug-likeness (QED) is 0.636. The van der Waals surface area contributed by atoms with Crippen molar-refractivity contribution in [1.29, 1.82) is 0 Å². The van der Waals surface area contributed by atoms with Crippen LogP contribution in [0.2, 0.25) is 0 Å². The first-order valence-corrected chi connectivity index (χ1v) is 2.93. The van der Waals surface area contributed by atoms with Gasteiger partial charge in [-0.1, -0.05) is 12.7 Å². The minimum atomic E-state index is -0.863. The van der Waals surface area contributed by atoms with Crippen LogP contribution in [0.4, 0.5) is 0 Å². The van der Waals surface area contributed by atoms with E-state index in [1.165, 1.54) is 11.1 Å². The van der Waals surface area contributed by atoms with Crippen LogP contribution in [0.3, 0.4) is 0 Å². The van der Waals surface area contributed by atoms with Crippen molar-refractivity contribution in [2.45, 2.75) is 6.92 Å². The molecule has 0 rings (SSSR count). The van der Waals surface area contributed by atoms with E-state index in [0.717, 1.165) is 0 Å². The number of carboxylic acids is 1. The molecular weight excluding hydrogens is 130 g/mol. The third-order valence-electron chi connectivity index (χ3n) is 0.893. The Hall–Kier alpha value is -1.25. The minimum absolute atomic E-state index is 0.0339. The lowest BCUT2D eigenvalue weighted by molar-refractivity contribution is -0.137. The Morgan fingerprint density at radius 2 is 2.40 bits per heavy atom. The second-order valence-electron chi connectivity index (χ2n) is 1.73. The molecule has 0 aliphatic carbocycles. The summed E-state index contributed by atoms with van der Waals surface area (Å²) in [6.45, 7) is 5.23. The Kier molecular flexibility index (Phi) is 4.04. The van der Waals surface area contributed by atoms with E-state index >= 15 is 0 Å². The Bertz CT molecular complexity index is 152. The number of hydrogen-bond donors (Lipinski definition) is 1. The molecule has 10 heavy (non-hydrogen) atoms. The van der Waals surface area contributed by atoms with Crippen molar-refractivity contribution in [3.05, 3.63) is 25.1 Å². The summed E-state index contributed by atoms with van der Waals surface area (Å²) in [6, 6.07) is 0. The molecule has 56 valence electrons. The van der Waals surface area contributed by atoms with Gasteiger partial charge >= 0.3 is 5.97 Å². The van der Waals surface area contributed by atoms with E-state index in [1.54, 1.807) is 12.3 Å². The van der Waals surface area contributed by atoms with E-state index in [4.69, 9.17) is 5.11 Å². The SMILES string of the molecule is C=CN(/C=C\C)CC(=O)O. The predicted molar refractivity (Wildman–Crippen MR) is 39.4 cm³/mol. The van der Waals surface area contributed by atoms with Crippen molar-refractivity contribution >= 4 is 5.97 Å². The van der Waals surface area contributed by atoms with E-state index < -0.39 is 5.97 Å². The lowest BCUT2D eigenvalue weighted by Crippen LogP contribution is -2.18. The molecule has 0 fully saturated rings. The monoisotopic (exact) mass is 141 g/mol. The van der Waals surface area contributed by atoms with Crippen molar-refractivity contribution < 1.29 is 9.90 Å². The van der Waals surface area contributed by atoms with E-state index in [9.17, 15) is 4.79 Å². The summed E-state index contributed by atoms with van der Waals surface area (Å²) in [4.78, 5) is 11.6. The maximum atomic E-state index is 10.1. The van der Waals surface area contributed by atoms with Gasteiger partial charge in [-0.05, 0) is 19.3 Å². The van der Waals surface area contributed by atoms with Crippen LogP contribution in [0.15, 0.2) is 25.1 Å². The minimum Gasteiger partial charge on any atom is -0.480 e. The normalized spacial score (nSPS) is 9.70. The fraction of sp³-hybridized carbons (Fsp3) is 0.286. The van der Waals surface area contributed by atoms with Crippen LogP contribution in [0, 0.1) is 0 Å². The van der Waals surface area contributed by atoms with E-state index in [-0.39, 0.29) is 6.54 Å². The molecule has 0 saturated heterocycles. The van der Waals surface area contributed by atoms with Gasteiger partial charge in [-0.2, -0.15) is 0 Å². The van der Waals surface area contributed by atoms with Crippen LogP contribution in [0.5, 0.6) is 0 Å². The topological polar surface area (TPSA) is 40.5 Å². The third-order valence-corrected chi connectivity index (χ3v) is 0.893. The number of nitrogens with zero attached hydrogens (tertiary/aromatic N) is 1. The molecular formula is C7H11NO2. The number of allylic oxidation sites excluding steroid dienone is 1. The molecule has 0 aromatic rings. The van der Waals surface area contributed by atoms with Crippen LogP contribution in [0.25, 0.3) is 0 Å². The van der Waals surface area contributed by atoms with E-state index in [1.807, 2.05) is 6.92 Å². The third kappa shape index (κ3) is 3.72. The number of aliphatic carboxylic acids is 1. The molecule has 0 heterocycles. The zero-order chi connectivity index (χ0) is 7.98. The number of rotatable bonds is 4. The van der Waals surface area contributed by atoms with Crippen molar-refractivity contribution in [3.63, 3.8) is 0 Å². The highest BCUT2D eigenvalue weighted by Gasteiger charge is 1.98. The molecule has 0 radical (unpaired) electrons. The fourth-order valence-electron chi connectivity index (χ4n) is 0.526. The molecule has 0 aliphatic heterocycles. The Labute approximate surface area is 60.3 Å². The van der Waals surface area contributed by atoms with Gasteiger partial charge in [-0.25, -0.2) is 0 Å². The first-order valence-electron chi connectivity index (χ1n) is 2.93. The van der Waals surface area contributed by atoms with Gasteiger partial charge in [0.15, 0.2) is 0 Å². The van der Waals surface area contributed by atoms with Crippen LogP contribution >= 0.6 is 0 Å². The molecule has 3 nitrogen and oxygen atoms in total. The maximum absolute atomic E-state index is 10.1. The standard InChI is InChI=1S/C7H11NO2/c1-3-5-8(4-2)6-7(9)10/h3-5H,2,6H2,1H3,(H,9,10)/b5-3-. The number of hydrogen-bond acceptors (Lipinski definition) is 2. The van der Waals surface area contributed by atoms with Crippen LogP contribution < -0.4 is 0 Å². The Balaban J connectivity index is 3.83. The molecule has 0 amide bonds. The maximum Gasteiger partial charge on any atom is 0.323 e. The highest BCUT2D eigenvalue weighted by atomic mass is 16.4. The molecule has 0 bridgehead atoms. The lowest BCUT2D eigenvalue weighted by atomic mass is 10.5. The highest BCUT2D eigenvalue weighted by molar-refractivity contribution is 5.69. The van der Waals surface area contributed by atoms with Crippen LogP contribution in [0.1, 0.15) is 6.92 Å². The smallest absolute Gasteiger partial charge is 0.323 e. The summed E-state index contributed by atoms with van der Waals surface area (Å²) < 4.78 is 0. The van der Waals surface area contributed by atoms with Gasteiger partial charge < -0.3 is 10.0 Å². The van der Waals surface area contributed by atoms with Crippen LogP contribution in [-0.2, 0) is 4.79 Å². The first kappa shape index (κ1) is 8.75. The van der Waals surface area contributed by atoms with Gasteiger partial charge in [0, 0.05) is 0 Å². The predicted octanol–water partition coefficient (Wildman–Crippen LogP) is 1.05. The number of carboxylic acid groups (broad SMARTS) is 1. The second-order valence-corrected chi connectivity index (χ2v) is 1.73. The fourth-order valence-corrected chi connectivity index (χ4v) is 0.526. The molecule has 0 aromatic carbocycles.